The van der Waals surface area contributed by atoms with Crippen molar-refractivity contribution in [3.05, 3.63) is 0 Å². The Bertz CT molecular complexity index is 220. The van der Waals surface area contributed by atoms with Crippen LogP contribution < -0.4 is 0 Å². The lowest BCUT2D eigenvalue weighted by molar-refractivity contribution is -0.131. The quantitative estimate of drug-likeness (QED) is 0.513. The number of hydrogen-bond acceptors (Lipinski definition) is 2. The van der Waals surface area contributed by atoms with E-state index < -0.39 is 0 Å². The molecule has 0 aromatic heterocycles. The lowest BCUT2D eigenvalue weighted by Crippen LogP contribution is -2.22. The van der Waals surface area contributed by atoms with E-state index in [4.69, 9.17) is 0 Å². The summed E-state index contributed by atoms with van der Waals surface area (Å²) in [6.07, 6.45) is 5.50. The van der Waals surface area contributed by atoms with Crippen molar-refractivity contribution in [2.24, 2.45) is 11.8 Å². The van der Waals surface area contributed by atoms with Gasteiger partial charge in [-0.1, -0.05) is 6.42 Å². The number of hydrogen-bond donors (Lipinski definition) is 0. The predicted octanol–water partition coefficient (Wildman–Crippen LogP) is 1.72. The van der Waals surface area contributed by atoms with E-state index in [-0.39, 0.29) is 17.5 Å². The second kappa shape index (κ2) is 3.00. The summed E-state index contributed by atoms with van der Waals surface area (Å²) in [5, 5.41) is 0. The Morgan fingerprint density at radius 3 is 2.50 bits per heavy atom. The van der Waals surface area contributed by atoms with Crippen LogP contribution in [-0.2, 0) is 9.59 Å². The molecule has 2 heteroatoms. The highest BCUT2D eigenvalue weighted by Crippen LogP contribution is 2.36. The van der Waals surface area contributed by atoms with Gasteiger partial charge in [0.15, 0.2) is 0 Å². The molecule has 0 amide bonds. The Hall–Kier alpha value is -0.660. The minimum absolute atomic E-state index is 0.188. The highest BCUT2D eigenvalue weighted by Gasteiger charge is 2.39. The summed E-state index contributed by atoms with van der Waals surface area (Å²) < 4.78 is 0. The van der Waals surface area contributed by atoms with Gasteiger partial charge in [0.05, 0.1) is 5.92 Å². The summed E-state index contributed by atoms with van der Waals surface area (Å²) in [6.45, 7) is 0. The van der Waals surface area contributed by atoms with Crippen LogP contribution in [0, 0.1) is 11.8 Å². The van der Waals surface area contributed by atoms with Crippen molar-refractivity contribution in [2.75, 3.05) is 0 Å². The van der Waals surface area contributed by atoms with E-state index in [1.807, 2.05) is 0 Å². The van der Waals surface area contributed by atoms with Gasteiger partial charge in [-0.15, -0.1) is 0 Å². The predicted molar refractivity (Wildman–Crippen MR) is 44.7 cm³/mol. The van der Waals surface area contributed by atoms with Gasteiger partial charge in [0, 0.05) is 12.8 Å². The minimum atomic E-state index is -0.188. The second-order valence-electron chi connectivity index (χ2n) is 3.95. The summed E-state index contributed by atoms with van der Waals surface area (Å²) in [7, 11) is 0. The van der Waals surface area contributed by atoms with Crippen LogP contribution >= 0.6 is 0 Å². The van der Waals surface area contributed by atoms with E-state index in [0.29, 0.717) is 18.8 Å². The fourth-order valence-electron chi connectivity index (χ4n) is 2.53. The molecule has 0 radical (unpaired) electrons. The van der Waals surface area contributed by atoms with Crippen LogP contribution in [-0.4, -0.2) is 11.6 Å². The molecule has 0 bridgehead atoms. The molecule has 0 unspecified atom stereocenters. The molecule has 0 saturated heterocycles. The number of carbonyl (C=O) groups excluding carboxylic acids is 2. The largest absolute Gasteiger partial charge is 0.299 e. The maximum Gasteiger partial charge on any atom is 0.143 e. The summed E-state index contributed by atoms with van der Waals surface area (Å²) >= 11 is 0. The molecule has 0 spiro atoms. The van der Waals surface area contributed by atoms with Gasteiger partial charge in [-0.3, -0.25) is 9.59 Å². The first kappa shape index (κ1) is 7.96. The molecule has 2 atom stereocenters. The van der Waals surface area contributed by atoms with Gasteiger partial charge in [-0.25, -0.2) is 0 Å². The monoisotopic (exact) mass is 166 g/mol. The molecule has 2 nitrogen and oxygen atoms in total. The molecule has 66 valence electrons. The highest BCUT2D eigenvalue weighted by atomic mass is 16.2. The smallest absolute Gasteiger partial charge is 0.143 e. The Labute approximate surface area is 72.3 Å². The number of fused-ring (bicyclic) bond motifs is 1. The van der Waals surface area contributed by atoms with Crippen LogP contribution in [0.15, 0.2) is 0 Å². The first-order valence-corrected chi connectivity index (χ1v) is 4.84. The third-order valence-electron chi connectivity index (χ3n) is 3.17. The van der Waals surface area contributed by atoms with Crippen molar-refractivity contribution in [2.45, 2.75) is 38.5 Å². The number of ketones is 2. The van der Waals surface area contributed by atoms with Crippen LogP contribution in [0.4, 0.5) is 0 Å². The summed E-state index contributed by atoms with van der Waals surface area (Å²) in [6, 6.07) is 0. The van der Waals surface area contributed by atoms with E-state index >= 15 is 0 Å². The number of rotatable bonds is 0. The van der Waals surface area contributed by atoms with Crippen LogP contribution in [0.1, 0.15) is 38.5 Å². The molecule has 12 heavy (non-hydrogen) atoms. The molecule has 0 aromatic carbocycles. The highest BCUT2D eigenvalue weighted by molar-refractivity contribution is 6.04. The topological polar surface area (TPSA) is 34.1 Å². The van der Waals surface area contributed by atoms with Gasteiger partial charge < -0.3 is 0 Å². The molecule has 2 saturated carbocycles. The Balaban J connectivity index is 2.19. The molecular weight excluding hydrogens is 152 g/mol. The lowest BCUT2D eigenvalue weighted by Gasteiger charge is -2.11. The Morgan fingerprint density at radius 2 is 1.67 bits per heavy atom. The maximum atomic E-state index is 11.5. The molecule has 0 aromatic rings. The first-order valence-electron chi connectivity index (χ1n) is 4.84. The van der Waals surface area contributed by atoms with Gasteiger partial charge >= 0.3 is 0 Å². The molecular formula is C10H14O2. The van der Waals surface area contributed by atoms with E-state index in [2.05, 4.69) is 0 Å². The van der Waals surface area contributed by atoms with Crippen molar-refractivity contribution >= 4 is 11.6 Å². The maximum absolute atomic E-state index is 11.5. The molecule has 2 fully saturated rings. The van der Waals surface area contributed by atoms with Gasteiger partial charge in [-0.05, 0) is 25.2 Å². The third-order valence-corrected chi connectivity index (χ3v) is 3.17. The molecule has 2 rings (SSSR count). The number of carbonyl (C=O) groups is 2. The van der Waals surface area contributed by atoms with Crippen LogP contribution in [0.3, 0.4) is 0 Å². The minimum Gasteiger partial charge on any atom is -0.299 e. The zero-order valence-corrected chi connectivity index (χ0v) is 7.21. The molecule has 2 aliphatic rings. The second-order valence-corrected chi connectivity index (χ2v) is 3.95. The SMILES string of the molecule is O=C1CCCC[C@H]2CCC(=O)[C@@H]12. The van der Waals surface area contributed by atoms with Crippen LogP contribution in [0.2, 0.25) is 0 Å². The van der Waals surface area contributed by atoms with E-state index in [0.717, 1.165) is 25.7 Å². The van der Waals surface area contributed by atoms with Crippen molar-refractivity contribution in [1.29, 1.82) is 0 Å². The van der Waals surface area contributed by atoms with Crippen LogP contribution in [0.5, 0.6) is 0 Å². The zero-order valence-electron chi connectivity index (χ0n) is 7.21. The average Bonchev–Trinajstić information content (AvgIpc) is 2.29. The van der Waals surface area contributed by atoms with Gasteiger partial charge in [0.1, 0.15) is 11.6 Å². The molecule has 2 aliphatic carbocycles. The zero-order chi connectivity index (χ0) is 8.55. The third kappa shape index (κ3) is 1.19. The van der Waals surface area contributed by atoms with Crippen molar-refractivity contribution in [3.63, 3.8) is 0 Å². The van der Waals surface area contributed by atoms with Crippen molar-refractivity contribution in [3.8, 4) is 0 Å². The summed E-state index contributed by atoms with van der Waals surface area (Å²) in [4.78, 5) is 22.8. The van der Waals surface area contributed by atoms with Gasteiger partial charge in [0.25, 0.3) is 0 Å². The van der Waals surface area contributed by atoms with Gasteiger partial charge in [-0.2, -0.15) is 0 Å². The average molecular weight is 166 g/mol. The van der Waals surface area contributed by atoms with E-state index in [9.17, 15) is 9.59 Å². The van der Waals surface area contributed by atoms with E-state index in [1.165, 1.54) is 0 Å². The molecule has 0 N–H and O–H groups in total. The Kier molecular flexibility index (Phi) is 1.99. The van der Waals surface area contributed by atoms with Crippen LogP contribution in [0.25, 0.3) is 0 Å². The first-order chi connectivity index (χ1) is 5.79. The fourth-order valence-corrected chi connectivity index (χ4v) is 2.53. The fraction of sp³-hybridized carbons (Fsp3) is 0.800. The van der Waals surface area contributed by atoms with Gasteiger partial charge in [0.2, 0.25) is 0 Å². The standard InChI is InChI=1S/C10H14O2/c11-8-4-2-1-3-7-5-6-9(12)10(7)8/h7,10H,1-6H2/t7-,10+/m0/s1. The summed E-state index contributed by atoms with van der Waals surface area (Å²) in [5.74, 6) is 0.659. The Morgan fingerprint density at radius 1 is 0.917 bits per heavy atom. The van der Waals surface area contributed by atoms with Crippen molar-refractivity contribution in [1.82, 2.24) is 0 Å². The van der Waals surface area contributed by atoms with Crippen molar-refractivity contribution < 1.29 is 9.59 Å². The summed E-state index contributed by atoms with van der Waals surface area (Å²) in [5.41, 5.74) is 0. The lowest BCUT2D eigenvalue weighted by atomic mass is 9.90. The number of Topliss-reactive ketones (excluding diaryl/α,β-unsaturated/α-hetero) is 2. The molecule has 0 aliphatic heterocycles. The molecule has 0 heterocycles. The van der Waals surface area contributed by atoms with E-state index in [1.54, 1.807) is 0 Å². The normalized spacial score (nSPS) is 36.3.